The van der Waals surface area contributed by atoms with Gasteiger partial charge in [-0.05, 0) is 66.4 Å². The Balaban J connectivity index is 1.35. The molecule has 0 amide bonds. The van der Waals surface area contributed by atoms with Crippen molar-refractivity contribution in [2.75, 3.05) is 18.6 Å². The Morgan fingerprint density at radius 2 is 1.68 bits per heavy atom. The number of benzene rings is 3. The predicted molar refractivity (Wildman–Crippen MR) is 154 cm³/mol. The van der Waals surface area contributed by atoms with E-state index in [4.69, 9.17) is 4.74 Å². The molecule has 3 aromatic carbocycles. The molecule has 0 radical (unpaired) electrons. The molecule has 6 rings (SSSR count). The molecule has 1 spiro atoms. The fourth-order valence-corrected chi connectivity index (χ4v) is 6.43. The summed E-state index contributed by atoms with van der Waals surface area (Å²) in [6.07, 6.45) is 0.541. The number of ether oxygens (including phenoxy) is 1. The van der Waals surface area contributed by atoms with Gasteiger partial charge in [-0.3, -0.25) is 9.88 Å². The number of nitrogens with zero attached hydrogens (tertiary/aromatic N) is 3. The van der Waals surface area contributed by atoms with Gasteiger partial charge in [-0.2, -0.15) is 0 Å². The lowest BCUT2D eigenvalue weighted by Crippen LogP contribution is -2.59. The molecule has 1 saturated heterocycles. The summed E-state index contributed by atoms with van der Waals surface area (Å²) in [4.78, 5) is 21.1. The van der Waals surface area contributed by atoms with Gasteiger partial charge < -0.3 is 19.8 Å². The molecule has 4 unspecified atom stereocenters. The fraction of sp³-hybridized carbons (Fsp3) is 0.273. The maximum atomic E-state index is 12.6. The number of hydrogen-bond donors (Lipinski definition) is 2. The zero-order valence-corrected chi connectivity index (χ0v) is 22.4. The molecular weight excluding hydrogens is 502 g/mol. The Labute approximate surface area is 234 Å². The highest BCUT2D eigenvalue weighted by molar-refractivity contribution is 5.77. The molecule has 4 atom stereocenters. The van der Waals surface area contributed by atoms with Gasteiger partial charge in [0, 0.05) is 35.6 Å². The second-order valence-corrected chi connectivity index (χ2v) is 10.6. The second kappa shape index (κ2) is 10.8. The van der Waals surface area contributed by atoms with E-state index in [-0.39, 0.29) is 0 Å². The van der Waals surface area contributed by atoms with Gasteiger partial charge in [0.05, 0.1) is 12.8 Å². The smallest absolute Gasteiger partial charge is 0.336 e. The van der Waals surface area contributed by atoms with Gasteiger partial charge in [0.1, 0.15) is 6.23 Å². The lowest BCUT2D eigenvalue weighted by molar-refractivity contribution is -0.157. The summed E-state index contributed by atoms with van der Waals surface area (Å²) in [6.45, 7) is 1.06. The first-order valence-corrected chi connectivity index (χ1v) is 13.6. The number of likely N-dealkylation sites (tertiary alicyclic amines) is 1. The molecule has 204 valence electrons. The van der Waals surface area contributed by atoms with E-state index in [2.05, 4.69) is 40.2 Å². The number of fused-ring (bicyclic) bond motifs is 2. The van der Waals surface area contributed by atoms with Crippen LogP contribution in [-0.4, -0.2) is 58.1 Å². The SMILES string of the molecule is COC(=O)C(O)C1CC2(CCN1Cc1ccccn1)c1ccccc1N(c1ccc(-c3ccccc3)cc1)C2O. The number of aliphatic hydroxyl groups excluding tert-OH is 2. The van der Waals surface area contributed by atoms with Gasteiger partial charge in [0.15, 0.2) is 6.10 Å². The quantitative estimate of drug-likeness (QED) is 0.348. The number of hydrogen-bond acceptors (Lipinski definition) is 7. The number of rotatable bonds is 6. The maximum absolute atomic E-state index is 12.6. The number of carbonyl (C=O) groups is 1. The van der Waals surface area contributed by atoms with Crippen LogP contribution in [0.4, 0.5) is 11.4 Å². The first-order chi connectivity index (χ1) is 19.5. The van der Waals surface area contributed by atoms with Gasteiger partial charge in [0.2, 0.25) is 0 Å². The number of methoxy groups -OCH3 is 1. The molecule has 1 aromatic heterocycles. The minimum atomic E-state index is -1.36. The minimum absolute atomic E-state index is 0.382. The van der Waals surface area contributed by atoms with Crippen molar-refractivity contribution in [2.24, 2.45) is 0 Å². The van der Waals surface area contributed by atoms with Crippen molar-refractivity contribution < 1.29 is 19.7 Å². The summed E-state index contributed by atoms with van der Waals surface area (Å²) in [5.41, 5.74) is 5.25. The van der Waals surface area contributed by atoms with Crippen molar-refractivity contribution in [3.63, 3.8) is 0 Å². The second-order valence-electron chi connectivity index (χ2n) is 10.6. The van der Waals surface area contributed by atoms with E-state index in [0.717, 1.165) is 33.8 Å². The molecule has 3 heterocycles. The molecule has 2 aliphatic rings. The number of aliphatic hydroxyl groups is 2. The molecular formula is C33H33N3O4. The average molecular weight is 536 g/mol. The van der Waals surface area contributed by atoms with Crippen LogP contribution in [0.5, 0.6) is 0 Å². The summed E-state index contributed by atoms with van der Waals surface area (Å²) in [5, 5.41) is 23.3. The molecule has 0 aliphatic carbocycles. The van der Waals surface area contributed by atoms with Crippen molar-refractivity contribution in [3.05, 3.63) is 115 Å². The number of anilines is 2. The van der Waals surface area contributed by atoms with Crippen molar-refractivity contribution in [1.82, 2.24) is 9.88 Å². The van der Waals surface area contributed by atoms with Crippen molar-refractivity contribution in [1.29, 1.82) is 0 Å². The zero-order chi connectivity index (χ0) is 27.7. The summed E-state index contributed by atoms with van der Waals surface area (Å²) < 4.78 is 4.95. The highest BCUT2D eigenvalue weighted by Crippen LogP contribution is 2.54. The third-order valence-corrected chi connectivity index (χ3v) is 8.48. The maximum Gasteiger partial charge on any atom is 0.336 e. The lowest BCUT2D eigenvalue weighted by atomic mass is 9.69. The number of esters is 1. The molecule has 0 bridgehead atoms. The van der Waals surface area contributed by atoms with Crippen LogP contribution < -0.4 is 4.90 Å². The first kappa shape index (κ1) is 26.2. The van der Waals surface area contributed by atoms with Crippen LogP contribution in [-0.2, 0) is 21.5 Å². The minimum Gasteiger partial charge on any atom is -0.467 e. The molecule has 4 aromatic rings. The number of carbonyl (C=O) groups excluding carboxylic acids is 1. The number of pyridine rings is 1. The summed E-state index contributed by atoms with van der Waals surface area (Å²) in [5.74, 6) is -0.679. The predicted octanol–water partition coefficient (Wildman–Crippen LogP) is 4.66. The van der Waals surface area contributed by atoms with Gasteiger partial charge in [-0.25, -0.2) is 4.79 Å². The Kier molecular flexibility index (Phi) is 7.11. The van der Waals surface area contributed by atoms with Crippen LogP contribution in [0.3, 0.4) is 0 Å². The van der Waals surface area contributed by atoms with Crippen molar-refractivity contribution in [3.8, 4) is 11.1 Å². The van der Waals surface area contributed by atoms with Crippen LogP contribution in [0.2, 0.25) is 0 Å². The van der Waals surface area contributed by atoms with Crippen molar-refractivity contribution in [2.45, 2.75) is 43.2 Å². The summed E-state index contributed by atoms with van der Waals surface area (Å²) in [7, 11) is 1.29. The van der Waals surface area contributed by atoms with E-state index in [1.165, 1.54) is 7.11 Å². The van der Waals surface area contributed by atoms with Crippen molar-refractivity contribution >= 4 is 17.3 Å². The average Bonchev–Trinajstić information content (AvgIpc) is 3.25. The van der Waals surface area contributed by atoms with Gasteiger partial charge in [0.25, 0.3) is 0 Å². The van der Waals surface area contributed by atoms with Gasteiger partial charge in [-0.1, -0.05) is 66.7 Å². The van der Waals surface area contributed by atoms with Crippen LogP contribution in [0, 0.1) is 0 Å². The normalized spacial score (nSPS) is 23.1. The van der Waals surface area contributed by atoms with E-state index >= 15 is 0 Å². The van der Waals surface area contributed by atoms with E-state index in [1.54, 1.807) is 6.20 Å². The van der Waals surface area contributed by atoms with E-state index in [9.17, 15) is 15.0 Å². The molecule has 1 fully saturated rings. The summed E-state index contributed by atoms with van der Waals surface area (Å²) in [6, 6.07) is 31.7. The monoisotopic (exact) mass is 535 g/mol. The largest absolute Gasteiger partial charge is 0.467 e. The number of aromatic nitrogens is 1. The first-order valence-electron chi connectivity index (χ1n) is 13.6. The molecule has 2 aliphatic heterocycles. The van der Waals surface area contributed by atoms with Crippen LogP contribution >= 0.6 is 0 Å². The van der Waals surface area contributed by atoms with Gasteiger partial charge >= 0.3 is 5.97 Å². The van der Waals surface area contributed by atoms with Gasteiger partial charge in [-0.15, -0.1) is 0 Å². The number of para-hydroxylation sites is 1. The highest BCUT2D eigenvalue weighted by atomic mass is 16.5. The Morgan fingerprint density at radius 1 is 0.975 bits per heavy atom. The van der Waals surface area contributed by atoms with Crippen LogP contribution in [0.1, 0.15) is 24.1 Å². The van der Waals surface area contributed by atoms with E-state index in [0.29, 0.717) is 25.9 Å². The van der Waals surface area contributed by atoms with E-state index < -0.39 is 29.8 Å². The third kappa shape index (κ3) is 4.56. The van der Waals surface area contributed by atoms with Crippen LogP contribution in [0.25, 0.3) is 11.1 Å². The Morgan fingerprint density at radius 3 is 2.40 bits per heavy atom. The molecule has 2 N–H and O–H groups in total. The summed E-state index contributed by atoms with van der Waals surface area (Å²) >= 11 is 0. The lowest BCUT2D eigenvalue weighted by Gasteiger charge is -2.48. The number of piperidine rings is 1. The molecule has 40 heavy (non-hydrogen) atoms. The molecule has 0 saturated carbocycles. The van der Waals surface area contributed by atoms with Crippen LogP contribution in [0.15, 0.2) is 103 Å². The standard InChI is InChI=1S/C33H33N3O4/c1-40-31(38)30(37)29-21-33(18-20-35(29)22-25-11-7-8-19-34-25)27-12-5-6-13-28(27)36(32(33)39)26-16-14-24(15-17-26)23-9-3-2-4-10-23/h2-17,19,29-30,32,37,39H,18,20-22H2,1H3. The molecule has 7 heteroatoms. The topological polar surface area (TPSA) is 86.1 Å². The third-order valence-electron chi connectivity index (χ3n) is 8.48. The Hall–Kier alpha value is -4.04. The highest BCUT2D eigenvalue weighted by Gasteiger charge is 2.55. The fourth-order valence-electron chi connectivity index (χ4n) is 6.43. The van der Waals surface area contributed by atoms with E-state index in [1.807, 2.05) is 71.6 Å². The Bertz CT molecular complexity index is 1460. The zero-order valence-electron chi connectivity index (χ0n) is 22.4. The molecule has 7 nitrogen and oxygen atoms in total.